The van der Waals surface area contributed by atoms with Gasteiger partial charge in [-0.1, -0.05) is 32.9 Å². The fourth-order valence-corrected chi connectivity index (χ4v) is 2.31. The van der Waals surface area contributed by atoms with Crippen LogP contribution in [-0.2, 0) is 0 Å². The van der Waals surface area contributed by atoms with E-state index in [1.54, 1.807) is 12.1 Å². The Hall–Kier alpha value is -0.550. The first-order chi connectivity index (χ1) is 6.95. The molecule has 2 unspecified atom stereocenters. The molecule has 0 bridgehead atoms. The van der Waals surface area contributed by atoms with E-state index in [-0.39, 0.29) is 5.41 Å². The van der Waals surface area contributed by atoms with E-state index >= 15 is 0 Å². The lowest BCUT2D eigenvalue weighted by Crippen LogP contribution is -2.18. The largest absolute Gasteiger partial charge is 0.508 e. The Morgan fingerprint density at radius 2 is 1.73 bits per heavy atom. The second-order valence-electron chi connectivity index (χ2n) is 5.09. The van der Waals surface area contributed by atoms with E-state index in [2.05, 4.69) is 30.0 Å². The lowest BCUT2D eigenvalue weighted by molar-refractivity contribution is 0.314. The number of aromatic hydroxyl groups is 1. The van der Waals surface area contributed by atoms with Gasteiger partial charge in [-0.2, -0.15) is 0 Å². The molecule has 1 rings (SSSR count). The standard InChI is InChI=1S/C13H21OP/c1-13(2,3)12(8-9-15)10-4-6-11(14)7-5-10/h4-7,12,14H,8-9,15H2,1-3H3. The van der Waals surface area contributed by atoms with Crippen LogP contribution in [0.25, 0.3) is 0 Å². The maximum atomic E-state index is 9.27. The quantitative estimate of drug-likeness (QED) is 0.774. The van der Waals surface area contributed by atoms with E-state index in [9.17, 15) is 5.11 Å². The van der Waals surface area contributed by atoms with Gasteiger partial charge in [-0.05, 0) is 41.6 Å². The van der Waals surface area contributed by atoms with Gasteiger partial charge in [0.25, 0.3) is 0 Å². The summed E-state index contributed by atoms with van der Waals surface area (Å²) >= 11 is 0. The second kappa shape index (κ2) is 4.99. The SMILES string of the molecule is CC(C)(C)C(CCP)c1ccc(O)cc1. The fraction of sp³-hybridized carbons (Fsp3) is 0.538. The molecule has 2 heteroatoms. The summed E-state index contributed by atoms with van der Waals surface area (Å²) in [6.45, 7) is 6.81. The first-order valence-electron chi connectivity index (χ1n) is 5.44. The van der Waals surface area contributed by atoms with E-state index in [1.807, 2.05) is 12.1 Å². The third kappa shape index (κ3) is 3.50. The van der Waals surface area contributed by atoms with E-state index in [0.29, 0.717) is 11.7 Å². The van der Waals surface area contributed by atoms with Crippen molar-refractivity contribution in [1.82, 2.24) is 0 Å². The van der Waals surface area contributed by atoms with Crippen molar-refractivity contribution in [3.63, 3.8) is 0 Å². The zero-order valence-corrected chi connectivity index (χ0v) is 11.0. The molecule has 0 radical (unpaired) electrons. The maximum Gasteiger partial charge on any atom is 0.115 e. The van der Waals surface area contributed by atoms with E-state index in [0.717, 1.165) is 6.16 Å². The van der Waals surface area contributed by atoms with Crippen LogP contribution in [0.1, 0.15) is 38.7 Å². The molecule has 15 heavy (non-hydrogen) atoms. The van der Waals surface area contributed by atoms with Gasteiger partial charge in [-0.15, -0.1) is 9.24 Å². The van der Waals surface area contributed by atoms with Gasteiger partial charge in [0.1, 0.15) is 5.75 Å². The molecule has 0 aliphatic rings. The molecule has 1 aromatic rings. The van der Waals surface area contributed by atoms with E-state index < -0.39 is 0 Å². The lowest BCUT2D eigenvalue weighted by Gasteiger charge is -2.31. The van der Waals surface area contributed by atoms with Crippen LogP contribution in [-0.4, -0.2) is 11.3 Å². The molecule has 1 N–H and O–H groups in total. The molecule has 0 saturated carbocycles. The van der Waals surface area contributed by atoms with Crippen molar-refractivity contribution in [3.8, 4) is 5.75 Å². The first-order valence-corrected chi connectivity index (χ1v) is 6.26. The van der Waals surface area contributed by atoms with Crippen molar-refractivity contribution >= 4 is 9.24 Å². The molecule has 0 aromatic heterocycles. The summed E-state index contributed by atoms with van der Waals surface area (Å²) in [6, 6.07) is 7.62. The smallest absolute Gasteiger partial charge is 0.115 e. The van der Waals surface area contributed by atoms with Crippen LogP contribution in [0.15, 0.2) is 24.3 Å². The van der Waals surface area contributed by atoms with Gasteiger partial charge in [-0.25, -0.2) is 0 Å². The number of phenolic OH excluding ortho intramolecular Hbond substituents is 1. The third-order valence-corrected chi connectivity index (χ3v) is 3.13. The molecule has 0 heterocycles. The normalized spacial score (nSPS) is 13.9. The third-order valence-electron chi connectivity index (χ3n) is 2.80. The summed E-state index contributed by atoms with van der Waals surface area (Å²) < 4.78 is 0. The molecule has 2 atom stereocenters. The lowest BCUT2D eigenvalue weighted by atomic mass is 9.75. The van der Waals surface area contributed by atoms with Crippen LogP contribution in [0.4, 0.5) is 0 Å². The average Bonchev–Trinajstić information content (AvgIpc) is 2.14. The predicted octanol–water partition coefficient (Wildman–Crippen LogP) is 3.79. The van der Waals surface area contributed by atoms with E-state index in [4.69, 9.17) is 0 Å². The molecule has 0 fully saturated rings. The Balaban J connectivity index is 2.94. The van der Waals surface area contributed by atoms with Gasteiger partial charge >= 0.3 is 0 Å². The van der Waals surface area contributed by atoms with Crippen molar-refractivity contribution in [3.05, 3.63) is 29.8 Å². The molecule has 0 saturated heterocycles. The minimum absolute atomic E-state index is 0.271. The molecule has 1 aromatic carbocycles. The van der Waals surface area contributed by atoms with Crippen molar-refractivity contribution in [2.45, 2.75) is 33.1 Å². The van der Waals surface area contributed by atoms with Crippen molar-refractivity contribution in [2.24, 2.45) is 5.41 Å². The molecular formula is C13H21OP. The molecular weight excluding hydrogens is 203 g/mol. The molecule has 1 nitrogen and oxygen atoms in total. The molecule has 0 spiro atoms. The second-order valence-corrected chi connectivity index (χ2v) is 5.66. The summed E-state index contributed by atoms with van der Waals surface area (Å²) in [5.41, 5.74) is 1.59. The fourth-order valence-electron chi connectivity index (χ4n) is 1.97. The Morgan fingerprint density at radius 1 is 1.20 bits per heavy atom. The zero-order valence-electron chi connectivity index (χ0n) is 9.83. The van der Waals surface area contributed by atoms with Gasteiger partial charge in [-0.3, -0.25) is 0 Å². The summed E-state index contributed by atoms with van der Waals surface area (Å²) in [7, 11) is 2.79. The number of rotatable bonds is 3. The highest BCUT2D eigenvalue weighted by atomic mass is 31.0. The summed E-state index contributed by atoms with van der Waals surface area (Å²) in [5, 5.41) is 9.27. The van der Waals surface area contributed by atoms with Gasteiger partial charge in [0.2, 0.25) is 0 Å². The number of benzene rings is 1. The summed E-state index contributed by atoms with van der Waals surface area (Å²) in [6.07, 6.45) is 2.28. The highest BCUT2D eigenvalue weighted by molar-refractivity contribution is 7.16. The molecule has 0 aliphatic heterocycles. The van der Waals surface area contributed by atoms with E-state index in [1.165, 1.54) is 12.0 Å². The topological polar surface area (TPSA) is 20.2 Å². The van der Waals surface area contributed by atoms with Gasteiger partial charge in [0.15, 0.2) is 0 Å². The molecule has 0 amide bonds. The Kier molecular flexibility index (Phi) is 4.16. The Morgan fingerprint density at radius 3 is 2.13 bits per heavy atom. The highest BCUT2D eigenvalue weighted by Gasteiger charge is 2.25. The van der Waals surface area contributed by atoms with Crippen molar-refractivity contribution in [2.75, 3.05) is 6.16 Å². The van der Waals surface area contributed by atoms with Crippen LogP contribution in [0.5, 0.6) is 5.75 Å². The maximum absolute atomic E-state index is 9.27. The van der Waals surface area contributed by atoms with Crippen molar-refractivity contribution < 1.29 is 5.11 Å². The van der Waals surface area contributed by atoms with Crippen LogP contribution in [0, 0.1) is 5.41 Å². The van der Waals surface area contributed by atoms with Crippen LogP contribution < -0.4 is 0 Å². The minimum atomic E-state index is 0.271. The van der Waals surface area contributed by atoms with Gasteiger partial charge in [0, 0.05) is 0 Å². The number of hydrogen-bond acceptors (Lipinski definition) is 1. The highest BCUT2D eigenvalue weighted by Crippen LogP contribution is 2.38. The van der Waals surface area contributed by atoms with Crippen LogP contribution in [0.2, 0.25) is 0 Å². The van der Waals surface area contributed by atoms with Crippen molar-refractivity contribution in [1.29, 1.82) is 0 Å². The summed E-state index contributed by atoms with van der Waals surface area (Å²) in [4.78, 5) is 0. The predicted molar refractivity (Wildman–Crippen MR) is 69.5 cm³/mol. The monoisotopic (exact) mass is 224 g/mol. The minimum Gasteiger partial charge on any atom is -0.508 e. The van der Waals surface area contributed by atoms with Crippen LogP contribution in [0.3, 0.4) is 0 Å². The first kappa shape index (κ1) is 12.5. The average molecular weight is 224 g/mol. The number of phenols is 1. The number of hydrogen-bond donors (Lipinski definition) is 1. The molecule has 84 valence electrons. The zero-order chi connectivity index (χ0) is 11.5. The summed E-state index contributed by atoms with van der Waals surface area (Å²) in [5.74, 6) is 0.896. The Labute approximate surface area is 95.1 Å². The Bertz CT molecular complexity index is 297. The van der Waals surface area contributed by atoms with Crippen LogP contribution >= 0.6 is 9.24 Å². The van der Waals surface area contributed by atoms with Gasteiger partial charge < -0.3 is 5.11 Å². The molecule has 0 aliphatic carbocycles. The van der Waals surface area contributed by atoms with Gasteiger partial charge in [0.05, 0.1) is 0 Å².